The minimum absolute atomic E-state index is 0. The van der Waals surface area contributed by atoms with Gasteiger partial charge in [-0.15, -0.1) is 0 Å². The Morgan fingerprint density at radius 2 is 1.23 bits per heavy atom. The molecule has 0 radical (unpaired) electrons. The molecule has 120 valence electrons. The molecule has 22 heavy (non-hydrogen) atoms. The van der Waals surface area contributed by atoms with Gasteiger partial charge in [0.1, 0.15) is 0 Å². The molecule has 0 nitrogen and oxygen atoms in total. The maximum absolute atomic E-state index is 2.59. The maximum atomic E-state index is 2.59. The number of rotatable bonds is 5. The number of hydrogen-bond acceptors (Lipinski definition) is 0. The summed E-state index contributed by atoms with van der Waals surface area (Å²) in [5.41, 5.74) is 5.53. The van der Waals surface area contributed by atoms with Crippen molar-refractivity contribution in [3.05, 3.63) is 59.7 Å². The van der Waals surface area contributed by atoms with Crippen molar-refractivity contribution >= 4 is 22.3 Å². The van der Waals surface area contributed by atoms with E-state index in [1.54, 1.807) is 8.70 Å². The van der Waals surface area contributed by atoms with Crippen molar-refractivity contribution in [2.75, 3.05) is 0 Å². The van der Waals surface area contributed by atoms with Gasteiger partial charge >= 0.3 is 133 Å². The Morgan fingerprint density at radius 1 is 0.818 bits per heavy atom. The Morgan fingerprint density at radius 3 is 1.59 bits per heavy atom. The molecule has 0 saturated carbocycles. The SMILES string of the molecule is Cc1ccccc1[As+](C)(CCC(C)C)c1ccccc1C.[I-]. The van der Waals surface area contributed by atoms with Crippen molar-refractivity contribution in [2.45, 2.75) is 45.0 Å². The molecule has 0 aliphatic heterocycles. The predicted octanol–water partition coefficient (Wildman–Crippen LogP) is 1.55. The van der Waals surface area contributed by atoms with E-state index in [0.29, 0.717) is 0 Å². The molecule has 2 aromatic rings. The van der Waals surface area contributed by atoms with Crippen LogP contribution in [0.3, 0.4) is 0 Å². The number of benzene rings is 2. The Labute approximate surface area is 156 Å². The van der Waals surface area contributed by atoms with Gasteiger partial charge in [-0.25, -0.2) is 0 Å². The fraction of sp³-hybridized carbons (Fsp3) is 0.400. The van der Waals surface area contributed by atoms with Crippen LogP contribution in [0.1, 0.15) is 31.4 Å². The van der Waals surface area contributed by atoms with Crippen LogP contribution >= 0.6 is 0 Å². The third kappa shape index (κ3) is 4.38. The first-order valence-electron chi connectivity index (χ1n) is 7.93. The van der Waals surface area contributed by atoms with Crippen LogP contribution in [0.5, 0.6) is 0 Å². The van der Waals surface area contributed by atoms with E-state index in [-0.39, 0.29) is 24.0 Å². The zero-order chi connectivity index (χ0) is 15.5. The summed E-state index contributed by atoms with van der Waals surface area (Å²) < 4.78 is 3.29. The second-order valence-corrected chi connectivity index (χ2v) is 14.6. The molecular weight excluding hydrogens is 442 g/mol. The average Bonchev–Trinajstić information content (AvgIpc) is 2.46. The van der Waals surface area contributed by atoms with Crippen molar-refractivity contribution < 1.29 is 24.0 Å². The standard InChI is InChI=1S/C20H28As.HI/c1-16(2)14-15-21(5,19-12-8-6-10-17(19)3)20-13-9-7-11-18(20)4;/h6-13,16H,14-15H2,1-5H3;1H/q+1;/p-1. The minimum atomic E-state index is -2.07. The molecule has 0 aliphatic carbocycles. The molecule has 0 fully saturated rings. The normalized spacial score (nSPS) is 11.4. The zero-order valence-electron chi connectivity index (χ0n) is 14.4. The van der Waals surface area contributed by atoms with Crippen LogP contribution < -0.4 is 32.7 Å². The van der Waals surface area contributed by atoms with Gasteiger partial charge < -0.3 is 24.0 Å². The second-order valence-electron chi connectivity index (χ2n) is 6.67. The molecule has 0 spiro atoms. The van der Waals surface area contributed by atoms with Gasteiger partial charge in [-0.2, -0.15) is 0 Å². The molecular formula is C20H28AsI. The van der Waals surface area contributed by atoms with Gasteiger partial charge in [0.05, 0.1) is 0 Å². The summed E-state index contributed by atoms with van der Waals surface area (Å²) in [5, 5.41) is 1.37. The van der Waals surface area contributed by atoms with Gasteiger partial charge in [-0.05, 0) is 0 Å². The van der Waals surface area contributed by atoms with E-state index in [1.807, 2.05) is 0 Å². The molecule has 2 aromatic carbocycles. The van der Waals surface area contributed by atoms with Crippen molar-refractivity contribution in [3.8, 4) is 0 Å². The quantitative estimate of drug-likeness (QED) is 0.460. The molecule has 2 rings (SSSR count). The fourth-order valence-corrected chi connectivity index (χ4v) is 12.2. The summed E-state index contributed by atoms with van der Waals surface area (Å²) in [6.07, 6.45) is 1.33. The van der Waals surface area contributed by atoms with Crippen molar-refractivity contribution in [1.82, 2.24) is 0 Å². The Kier molecular flexibility index (Phi) is 7.68. The molecule has 0 aromatic heterocycles. The van der Waals surface area contributed by atoms with Crippen LogP contribution in [0.25, 0.3) is 0 Å². The summed E-state index contributed by atoms with van der Waals surface area (Å²) in [7, 11) is 0. The first-order valence-corrected chi connectivity index (χ1v) is 13.0. The van der Waals surface area contributed by atoms with E-state index in [9.17, 15) is 0 Å². The number of hydrogen-bond donors (Lipinski definition) is 0. The average molecular weight is 470 g/mol. The van der Waals surface area contributed by atoms with Crippen LogP contribution in [0, 0.1) is 19.8 Å². The Balaban J connectivity index is 0.00000242. The summed E-state index contributed by atoms with van der Waals surface area (Å²) >= 11 is -2.07. The van der Waals surface area contributed by atoms with Crippen LogP contribution in [-0.2, 0) is 0 Å². The molecule has 0 atom stereocenters. The second kappa shape index (κ2) is 8.54. The third-order valence-electron chi connectivity index (χ3n) is 4.45. The van der Waals surface area contributed by atoms with Crippen LogP contribution in [0.15, 0.2) is 48.5 Å². The van der Waals surface area contributed by atoms with E-state index >= 15 is 0 Å². The monoisotopic (exact) mass is 470 g/mol. The molecule has 0 aliphatic rings. The van der Waals surface area contributed by atoms with Gasteiger partial charge in [-0.1, -0.05) is 0 Å². The van der Waals surface area contributed by atoms with Crippen molar-refractivity contribution in [2.24, 2.45) is 5.92 Å². The Bertz CT molecular complexity index is 559. The summed E-state index contributed by atoms with van der Waals surface area (Å²) in [4.78, 5) is 0. The summed E-state index contributed by atoms with van der Waals surface area (Å²) in [6, 6.07) is 18.1. The molecule has 0 N–H and O–H groups in total. The Hall–Kier alpha value is -0.272. The van der Waals surface area contributed by atoms with Gasteiger partial charge in [0, 0.05) is 0 Å². The first-order chi connectivity index (χ1) is 9.95. The van der Waals surface area contributed by atoms with E-state index in [1.165, 1.54) is 22.8 Å². The molecule has 0 heterocycles. The molecule has 0 saturated heterocycles. The minimum Gasteiger partial charge on any atom is -1.00 e. The van der Waals surface area contributed by atoms with E-state index in [0.717, 1.165) is 5.92 Å². The van der Waals surface area contributed by atoms with E-state index < -0.39 is 13.6 Å². The van der Waals surface area contributed by atoms with Gasteiger partial charge in [0.2, 0.25) is 0 Å². The third-order valence-corrected chi connectivity index (χ3v) is 13.4. The zero-order valence-corrected chi connectivity index (χ0v) is 18.5. The fourth-order valence-electron chi connectivity index (χ4n) is 3.12. The molecule has 0 unspecified atom stereocenters. The van der Waals surface area contributed by atoms with Crippen molar-refractivity contribution in [1.29, 1.82) is 0 Å². The maximum Gasteiger partial charge on any atom is -1.00 e. The predicted molar refractivity (Wildman–Crippen MR) is 97.5 cm³/mol. The molecule has 2 heteroatoms. The van der Waals surface area contributed by atoms with Gasteiger partial charge in [0.25, 0.3) is 0 Å². The van der Waals surface area contributed by atoms with Crippen LogP contribution in [0.2, 0.25) is 10.9 Å². The summed E-state index contributed by atoms with van der Waals surface area (Å²) in [5.74, 6) is 0.777. The molecule has 0 bridgehead atoms. The molecule has 0 amide bonds. The topological polar surface area (TPSA) is 0 Å². The number of halogens is 1. The number of aryl methyl sites for hydroxylation is 2. The first kappa shape index (κ1) is 19.8. The van der Waals surface area contributed by atoms with E-state index in [4.69, 9.17) is 0 Å². The van der Waals surface area contributed by atoms with Crippen LogP contribution in [0.4, 0.5) is 0 Å². The van der Waals surface area contributed by atoms with Crippen molar-refractivity contribution in [3.63, 3.8) is 0 Å². The van der Waals surface area contributed by atoms with Gasteiger partial charge in [-0.3, -0.25) is 0 Å². The largest absolute Gasteiger partial charge is 1.00 e. The summed E-state index contributed by atoms with van der Waals surface area (Å²) in [6.45, 7) is 9.25. The smallest absolute Gasteiger partial charge is 1.00 e. The van der Waals surface area contributed by atoms with E-state index in [2.05, 4.69) is 81.9 Å². The van der Waals surface area contributed by atoms with Crippen LogP contribution in [-0.4, -0.2) is 13.6 Å². The van der Waals surface area contributed by atoms with Gasteiger partial charge in [0.15, 0.2) is 0 Å².